The summed E-state index contributed by atoms with van der Waals surface area (Å²) in [5.74, 6) is 0.951. The van der Waals surface area contributed by atoms with Gasteiger partial charge in [-0.3, -0.25) is 4.90 Å². The number of aliphatic hydroxyl groups is 1. The first kappa shape index (κ1) is 12.0. The molecule has 2 unspecified atom stereocenters. The number of nitrogens with zero attached hydrogens (tertiary/aromatic N) is 1. The van der Waals surface area contributed by atoms with E-state index < -0.39 is 0 Å². The van der Waals surface area contributed by atoms with Gasteiger partial charge in [0.25, 0.3) is 0 Å². The Kier molecular flexibility index (Phi) is 3.72. The van der Waals surface area contributed by atoms with E-state index in [-0.39, 0.29) is 6.10 Å². The summed E-state index contributed by atoms with van der Waals surface area (Å²) in [6, 6.07) is 1.31. The predicted octanol–water partition coefficient (Wildman–Crippen LogP) is 2.94. The lowest BCUT2D eigenvalue weighted by Gasteiger charge is -2.49. The lowest BCUT2D eigenvalue weighted by atomic mass is 9.76. The molecule has 0 aromatic carbocycles. The molecule has 0 bridgehead atoms. The fourth-order valence-corrected chi connectivity index (χ4v) is 4.55. The highest BCUT2D eigenvalue weighted by molar-refractivity contribution is 4.93. The third kappa shape index (κ3) is 2.39. The molecule has 3 rings (SSSR count). The molecule has 0 aromatic heterocycles. The maximum absolute atomic E-state index is 10.3. The third-order valence-corrected chi connectivity index (χ3v) is 5.41. The first-order chi connectivity index (χ1) is 8.36. The van der Waals surface area contributed by atoms with Crippen LogP contribution in [0.3, 0.4) is 0 Å². The molecule has 1 heterocycles. The zero-order valence-corrected chi connectivity index (χ0v) is 11.0. The molecule has 0 amide bonds. The maximum atomic E-state index is 10.3. The van der Waals surface area contributed by atoms with Crippen LogP contribution in [0.1, 0.15) is 64.2 Å². The molecule has 3 aliphatic rings. The minimum absolute atomic E-state index is 0.0376. The van der Waals surface area contributed by atoms with Gasteiger partial charge in [0.15, 0.2) is 0 Å². The van der Waals surface area contributed by atoms with Gasteiger partial charge in [0, 0.05) is 12.1 Å². The Labute approximate surface area is 105 Å². The molecule has 2 saturated carbocycles. The fraction of sp³-hybridized carbons (Fsp3) is 1.00. The summed E-state index contributed by atoms with van der Waals surface area (Å²) in [6.45, 7) is 1.25. The summed E-state index contributed by atoms with van der Waals surface area (Å²) < 4.78 is 0. The molecule has 3 fully saturated rings. The van der Waals surface area contributed by atoms with Crippen molar-refractivity contribution in [2.45, 2.75) is 82.4 Å². The van der Waals surface area contributed by atoms with Gasteiger partial charge in [-0.1, -0.05) is 25.7 Å². The number of fused-ring (bicyclic) bond motifs is 1. The van der Waals surface area contributed by atoms with E-state index in [1.54, 1.807) is 0 Å². The van der Waals surface area contributed by atoms with Gasteiger partial charge in [0.05, 0.1) is 6.10 Å². The molecular weight excluding hydrogens is 210 g/mol. The largest absolute Gasteiger partial charge is 0.391 e. The topological polar surface area (TPSA) is 23.5 Å². The predicted molar refractivity (Wildman–Crippen MR) is 69.9 cm³/mol. The maximum Gasteiger partial charge on any atom is 0.0695 e. The van der Waals surface area contributed by atoms with Crippen molar-refractivity contribution in [1.29, 1.82) is 0 Å². The van der Waals surface area contributed by atoms with Crippen molar-refractivity contribution < 1.29 is 5.11 Å². The highest BCUT2D eigenvalue weighted by Gasteiger charge is 2.39. The van der Waals surface area contributed by atoms with Crippen LogP contribution in [0.15, 0.2) is 0 Å². The number of likely N-dealkylation sites (tertiary alicyclic amines) is 1. The number of piperidine rings is 1. The Morgan fingerprint density at radius 2 is 1.35 bits per heavy atom. The first-order valence-electron chi connectivity index (χ1n) is 7.80. The van der Waals surface area contributed by atoms with Crippen molar-refractivity contribution in [1.82, 2.24) is 4.90 Å². The molecule has 0 radical (unpaired) electrons. The number of rotatable bonds is 1. The van der Waals surface area contributed by atoms with Crippen LogP contribution in [-0.4, -0.2) is 34.7 Å². The van der Waals surface area contributed by atoms with E-state index in [0.29, 0.717) is 6.04 Å². The zero-order valence-electron chi connectivity index (χ0n) is 11.0. The van der Waals surface area contributed by atoms with Gasteiger partial charge in [-0.25, -0.2) is 0 Å². The Bertz CT molecular complexity index is 247. The zero-order chi connectivity index (χ0) is 11.7. The second kappa shape index (κ2) is 5.27. The minimum atomic E-state index is -0.0376. The fourth-order valence-electron chi connectivity index (χ4n) is 4.55. The van der Waals surface area contributed by atoms with E-state index in [9.17, 15) is 5.11 Å². The lowest BCUT2D eigenvalue weighted by Crippen LogP contribution is -2.55. The summed E-state index contributed by atoms with van der Waals surface area (Å²) in [4.78, 5) is 2.72. The molecule has 17 heavy (non-hydrogen) atoms. The van der Waals surface area contributed by atoms with Crippen molar-refractivity contribution in [2.75, 3.05) is 6.54 Å². The van der Waals surface area contributed by atoms with E-state index in [4.69, 9.17) is 0 Å². The van der Waals surface area contributed by atoms with Gasteiger partial charge < -0.3 is 5.11 Å². The number of hydrogen-bond acceptors (Lipinski definition) is 2. The Hall–Kier alpha value is -0.0800. The van der Waals surface area contributed by atoms with Crippen LogP contribution in [0.2, 0.25) is 0 Å². The molecule has 1 saturated heterocycles. The SMILES string of the molecule is O[C@@H]1CCCC[C@H]1N1CCCC2CCCCC21. The van der Waals surface area contributed by atoms with Crippen LogP contribution in [0, 0.1) is 5.92 Å². The van der Waals surface area contributed by atoms with E-state index >= 15 is 0 Å². The number of aliphatic hydroxyl groups excluding tert-OH is 1. The van der Waals surface area contributed by atoms with Gasteiger partial charge in [-0.15, -0.1) is 0 Å². The Morgan fingerprint density at radius 3 is 2.18 bits per heavy atom. The average molecular weight is 237 g/mol. The molecule has 2 heteroatoms. The summed E-state index contributed by atoms with van der Waals surface area (Å²) >= 11 is 0. The summed E-state index contributed by atoms with van der Waals surface area (Å²) in [5, 5.41) is 10.3. The van der Waals surface area contributed by atoms with Crippen LogP contribution in [0.25, 0.3) is 0 Å². The lowest BCUT2D eigenvalue weighted by molar-refractivity contribution is -0.0434. The van der Waals surface area contributed by atoms with Crippen LogP contribution in [-0.2, 0) is 0 Å². The molecule has 98 valence electrons. The Morgan fingerprint density at radius 1 is 0.706 bits per heavy atom. The third-order valence-electron chi connectivity index (χ3n) is 5.41. The average Bonchev–Trinajstić information content (AvgIpc) is 2.39. The van der Waals surface area contributed by atoms with E-state index in [1.165, 1.54) is 64.3 Å². The molecule has 0 aromatic rings. The highest BCUT2D eigenvalue weighted by atomic mass is 16.3. The van der Waals surface area contributed by atoms with Gasteiger partial charge in [-0.2, -0.15) is 0 Å². The smallest absolute Gasteiger partial charge is 0.0695 e. The van der Waals surface area contributed by atoms with Crippen LogP contribution in [0.4, 0.5) is 0 Å². The second-order valence-electron chi connectivity index (χ2n) is 6.41. The molecular formula is C15H27NO. The highest BCUT2D eigenvalue weighted by Crippen LogP contribution is 2.38. The van der Waals surface area contributed by atoms with Crippen LogP contribution < -0.4 is 0 Å². The minimum Gasteiger partial charge on any atom is -0.391 e. The monoisotopic (exact) mass is 237 g/mol. The standard InChI is InChI=1S/C15H27NO/c17-15-10-4-3-9-14(15)16-11-5-7-12-6-1-2-8-13(12)16/h12-15,17H,1-11H2/t12?,13?,14-,15-/m1/s1. The van der Waals surface area contributed by atoms with Gasteiger partial charge in [-0.05, 0) is 51.0 Å². The molecule has 2 aliphatic carbocycles. The molecule has 1 N–H and O–H groups in total. The van der Waals surface area contributed by atoms with Gasteiger partial charge in [0.1, 0.15) is 0 Å². The van der Waals surface area contributed by atoms with Crippen molar-refractivity contribution in [3.8, 4) is 0 Å². The van der Waals surface area contributed by atoms with Crippen molar-refractivity contribution >= 4 is 0 Å². The normalized spacial score (nSPS) is 44.3. The molecule has 0 spiro atoms. The van der Waals surface area contributed by atoms with Gasteiger partial charge in [0.2, 0.25) is 0 Å². The second-order valence-corrected chi connectivity index (χ2v) is 6.41. The quantitative estimate of drug-likeness (QED) is 0.758. The molecule has 4 atom stereocenters. The van der Waals surface area contributed by atoms with E-state index in [1.807, 2.05) is 0 Å². The van der Waals surface area contributed by atoms with E-state index in [0.717, 1.165) is 18.4 Å². The van der Waals surface area contributed by atoms with Crippen LogP contribution in [0.5, 0.6) is 0 Å². The van der Waals surface area contributed by atoms with E-state index in [2.05, 4.69) is 4.90 Å². The summed E-state index contributed by atoms with van der Waals surface area (Å²) in [6.07, 6.45) is 13.3. The molecule has 2 nitrogen and oxygen atoms in total. The van der Waals surface area contributed by atoms with Crippen molar-refractivity contribution in [2.24, 2.45) is 5.92 Å². The first-order valence-corrected chi connectivity index (χ1v) is 7.80. The Balaban J connectivity index is 1.71. The van der Waals surface area contributed by atoms with Gasteiger partial charge >= 0.3 is 0 Å². The summed E-state index contributed by atoms with van der Waals surface area (Å²) in [5.41, 5.74) is 0. The summed E-state index contributed by atoms with van der Waals surface area (Å²) in [7, 11) is 0. The van der Waals surface area contributed by atoms with Crippen LogP contribution >= 0.6 is 0 Å². The number of hydrogen-bond donors (Lipinski definition) is 1. The van der Waals surface area contributed by atoms with Crippen molar-refractivity contribution in [3.63, 3.8) is 0 Å². The molecule has 1 aliphatic heterocycles. The van der Waals surface area contributed by atoms with Crippen molar-refractivity contribution in [3.05, 3.63) is 0 Å².